The summed E-state index contributed by atoms with van der Waals surface area (Å²) in [6.07, 6.45) is -1.80. The number of carbonyl (C=O) groups excluding carboxylic acids is 2. The van der Waals surface area contributed by atoms with Crippen molar-refractivity contribution < 1.29 is 34.5 Å². The summed E-state index contributed by atoms with van der Waals surface area (Å²) in [7, 11) is 0. The molecule has 0 aromatic carbocycles. The molecular formula is C11H19N3O7. The zero-order chi connectivity index (χ0) is 16.6. The summed E-state index contributed by atoms with van der Waals surface area (Å²) in [5.41, 5.74) is 5.38. The van der Waals surface area contributed by atoms with Crippen molar-refractivity contribution in [3.8, 4) is 0 Å². The Labute approximate surface area is 120 Å². The lowest BCUT2D eigenvalue weighted by Gasteiger charge is -2.21. The minimum absolute atomic E-state index is 0.237. The van der Waals surface area contributed by atoms with E-state index in [1.54, 1.807) is 0 Å². The fraction of sp³-hybridized carbons (Fsp3) is 0.636. The first-order valence-electron chi connectivity index (χ1n) is 6.10. The molecule has 0 rings (SSSR count). The number of carboxylic acid groups (broad SMARTS) is 2. The van der Waals surface area contributed by atoms with Crippen LogP contribution in [0.4, 0.5) is 0 Å². The molecule has 0 saturated carbocycles. The molecule has 10 nitrogen and oxygen atoms in total. The van der Waals surface area contributed by atoms with Crippen molar-refractivity contribution in [3.05, 3.63) is 0 Å². The van der Waals surface area contributed by atoms with Gasteiger partial charge in [0.15, 0.2) is 0 Å². The zero-order valence-corrected chi connectivity index (χ0v) is 11.4. The van der Waals surface area contributed by atoms with Gasteiger partial charge in [-0.05, 0) is 13.3 Å². The molecule has 0 spiro atoms. The molecule has 0 radical (unpaired) electrons. The Hall–Kier alpha value is -2.20. The monoisotopic (exact) mass is 305 g/mol. The molecule has 10 heteroatoms. The Morgan fingerprint density at radius 2 is 1.67 bits per heavy atom. The number of amides is 2. The summed E-state index contributed by atoms with van der Waals surface area (Å²) < 4.78 is 0. The molecule has 0 unspecified atom stereocenters. The fourth-order valence-corrected chi connectivity index (χ4v) is 1.31. The van der Waals surface area contributed by atoms with Crippen LogP contribution in [0.5, 0.6) is 0 Å². The maximum absolute atomic E-state index is 11.7. The second-order valence-corrected chi connectivity index (χ2v) is 4.37. The largest absolute Gasteiger partial charge is 0.481 e. The Kier molecular flexibility index (Phi) is 7.94. The van der Waals surface area contributed by atoms with Crippen molar-refractivity contribution in [1.29, 1.82) is 0 Å². The SMILES string of the molecule is C[C@@H](O)[C@H](N)C(=O)N[C@@H](CCC(=O)O)C(=O)NCC(=O)O. The molecule has 0 aromatic rings. The average molecular weight is 305 g/mol. The Balaban J connectivity index is 4.72. The van der Waals surface area contributed by atoms with Gasteiger partial charge in [0.05, 0.1) is 6.10 Å². The third-order valence-electron chi connectivity index (χ3n) is 2.52. The van der Waals surface area contributed by atoms with E-state index < -0.39 is 54.9 Å². The van der Waals surface area contributed by atoms with E-state index in [1.165, 1.54) is 6.92 Å². The number of carbonyl (C=O) groups is 4. The number of aliphatic carboxylic acids is 2. The molecule has 0 bridgehead atoms. The lowest BCUT2D eigenvalue weighted by atomic mass is 10.1. The van der Waals surface area contributed by atoms with Crippen LogP contribution in [0.1, 0.15) is 19.8 Å². The normalized spacial score (nSPS) is 14.6. The number of hydrogen-bond acceptors (Lipinski definition) is 6. The lowest BCUT2D eigenvalue weighted by Crippen LogP contribution is -2.54. The minimum atomic E-state index is -1.29. The Morgan fingerprint density at radius 3 is 2.10 bits per heavy atom. The fourth-order valence-electron chi connectivity index (χ4n) is 1.31. The highest BCUT2D eigenvalue weighted by Crippen LogP contribution is 2.00. The highest BCUT2D eigenvalue weighted by Gasteiger charge is 2.26. The number of nitrogens with one attached hydrogen (secondary N) is 2. The highest BCUT2D eigenvalue weighted by molar-refractivity contribution is 5.91. The van der Waals surface area contributed by atoms with Crippen LogP contribution >= 0.6 is 0 Å². The third kappa shape index (κ3) is 7.84. The number of aliphatic hydroxyl groups excluding tert-OH is 1. The predicted molar refractivity (Wildman–Crippen MR) is 69.1 cm³/mol. The van der Waals surface area contributed by atoms with Gasteiger partial charge in [0.25, 0.3) is 0 Å². The Morgan fingerprint density at radius 1 is 1.10 bits per heavy atom. The maximum Gasteiger partial charge on any atom is 0.322 e. The quantitative estimate of drug-likeness (QED) is 0.265. The molecule has 0 heterocycles. The predicted octanol–water partition coefficient (Wildman–Crippen LogP) is -2.76. The molecular weight excluding hydrogens is 286 g/mol. The first-order chi connectivity index (χ1) is 9.65. The van der Waals surface area contributed by atoms with Crippen LogP contribution in [0.2, 0.25) is 0 Å². The molecule has 120 valence electrons. The van der Waals surface area contributed by atoms with Gasteiger partial charge in [-0.3, -0.25) is 19.2 Å². The summed E-state index contributed by atoms with van der Waals surface area (Å²) in [6.45, 7) is 0.613. The molecule has 0 aliphatic heterocycles. The van der Waals surface area contributed by atoms with E-state index in [4.69, 9.17) is 15.9 Å². The second kappa shape index (κ2) is 8.87. The molecule has 0 aliphatic rings. The number of aliphatic hydroxyl groups is 1. The summed E-state index contributed by atoms with van der Waals surface area (Å²) >= 11 is 0. The van der Waals surface area contributed by atoms with Gasteiger partial charge in [-0.2, -0.15) is 0 Å². The first-order valence-corrected chi connectivity index (χ1v) is 6.10. The van der Waals surface area contributed by atoms with Crippen LogP contribution in [-0.2, 0) is 19.2 Å². The summed E-state index contributed by atoms with van der Waals surface area (Å²) in [6, 6.07) is -2.54. The molecule has 0 aliphatic carbocycles. The van der Waals surface area contributed by atoms with Crippen molar-refractivity contribution in [2.75, 3.05) is 6.54 Å². The van der Waals surface area contributed by atoms with Crippen LogP contribution in [0.15, 0.2) is 0 Å². The van der Waals surface area contributed by atoms with Crippen LogP contribution in [0, 0.1) is 0 Å². The van der Waals surface area contributed by atoms with Gasteiger partial charge in [0, 0.05) is 6.42 Å². The number of hydrogen-bond donors (Lipinski definition) is 6. The van der Waals surface area contributed by atoms with E-state index in [0.29, 0.717) is 0 Å². The van der Waals surface area contributed by atoms with Gasteiger partial charge in [-0.15, -0.1) is 0 Å². The van der Waals surface area contributed by atoms with Crippen molar-refractivity contribution in [2.24, 2.45) is 5.73 Å². The Bertz CT molecular complexity index is 411. The van der Waals surface area contributed by atoms with Gasteiger partial charge in [0.1, 0.15) is 18.6 Å². The summed E-state index contributed by atoms with van der Waals surface area (Å²) in [5, 5.41) is 30.4. The van der Waals surface area contributed by atoms with Gasteiger partial charge in [-0.1, -0.05) is 0 Å². The van der Waals surface area contributed by atoms with E-state index >= 15 is 0 Å². The smallest absolute Gasteiger partial charge is 0.322 e. The molecule has 0 saturated heterocycles. The highest BCUT2D eigenvalue weighted by atomic mass is 16.4. The third-order valence-corrected chi connectivity index (χ3v) is 2.52. The maximum atomic E-state index is 11.7. The molecule has 21 heavy (non-hydrogen) atoms. The molecule has 0 fully saturated rings. The second-order valence-electron chi connectivity index (χ2n) is 4.37. The molecule has 7 N–H and O–H groups in total. The van der Waals surface area contributed by atoms with Crippen molar-refractivity contribution in [1.82, 2.24) is 10.6 Å². The van der Waals surface area contributed by atoms with Gasteiger partial charge >= 0.3 is 11.9 Å². The van der Waals surface area contributed by atoms with Gasteiger partial charge in [-0.25, -0.2) is 0 Å². The van der Waals surface area contributed by atoms with Crippen LogP contribution in [-0.4, -0.2) is 63.8 Å². The average Bonchev–Trinajstić information content (AvgIpc) is 2.38. The van der Waals surface area contributed by atoms with Gasteiger partial charge < -0.3 is 31.7 Å². The molecule has 2 amide bonds. The van der Waals surface area contributed by atoms with E-state index in [-0.39, 0.29) is 6.42 Å². The van der Waals surface area contributed by atoms with E-state index in [0.717, 1.165) is 0 Å². The number of carboxylic acids is 2. The standard InChI is InChI=1S/C11H19N3O7/c1-5(15)9(12)11(21)14-6(2-3-7(16)17)10(20)13-4-8(18)19/h5-6,9,15H,2-4,12H2,1H3,(H,13,20)(H,14,21)(H,16,17)(H,18,19)/t5-,6+,9+/m1/s1. The van der Waals surface area contributed by atoms with Crippen molar-refractivity contribution >= 4 is 23.8 Å². The van der Waals surface area contributed by atoms with Gasteiger partial charge in [0.2, 0.25) is 11.8 Å². The number of nitrogens with two attached hydrogens (primary N) is 1. The first kappa shape index (κ1) is 18.8. The van der Waals surface area contributed by atoms with Crippen LogP contribution < -0.4 is 16.4 Å². The topological polar surface area (TPSA) is 179 Å². The lowest BCUT2D eigenvalue weighted by molar-refractivity contribution is -0.140. The van der Waals surface area contributed by atoms with E-state index in [2.05, 4.69) is 5.32 Å². The van der Waals surface area contributed by atoms with Crippen molar-refractivity contribution in [2.45, 2.75) is 38.0 Å². The summed E-state index contributed by atoms with van der Waals surface area (Å²) in [5.74, 6) is -4.15. The summed E-state index contributed by atoms with van der Waals surface area (Å²) in [4.78, 5) is 44.2. The number of rotatable bonds is 9. The minimum Gasteiger partial charge on any atom is -0.481 e. The van der Waals surface area contributed by atoms with E-state index in [9.17, 15) is 24.3 Å². The molecule has 0 aromatic heterocycles. The zero-order valence-electron chi connectivity index (χ0n) is 11.4. The van der Waals surface area contributed by atoms with Crippen LogP contribution in [0.3, 0.4) is 0 Å². The molecule has 3 atom stereocenters. The van der Waals surface area contributed by atoms with Crippen LogP contribution in [0.25, 0.3) is 0 Å². The van der Waals surface area contributed by atoms with E-state index in [1.807, 2.05) is 5.32 Å². The van der Waals surface area contributed by atoms with Crippen molar-refractivity contribution in [3.63, 3.8) is 0 Å².